The summed E-state index contributed by atoms with van der Waals surface area (Å²) in [6.07, 6.45) is 3.21. The van der Waals surface area contributed by atoms with E-state index in [0.29, 0.717) is 23.8 Å². The van der Waals surface area contributed by atoms with E-state index in [0.717, 1.165) is 31.1 Å². The minimum atomic E-state index is -0.0436. The van der Waals surface area contributed by atoms with Crippen molar-refractivity contribution in [2.45, 2.75) is 9.92 Å². The molecule has 132 valence electrons. The van der Waals surface area contributed by atoms with E-state index in [2.05, 4.69) is 14.9 Å². The summed E-state index contributed by atoms with van der Waals surface area (Å²) in [6, 6.07) is 9.92. The summed E-state index contributed by atoms with van der Waals surface area (Å²) >= 11 is 1.47. The number of benzene rings is 1. The summed E-state index contributed by atoms with van der Waals surface area (Å²) in [7, 11) is 1.71. The SMILES string of the molecule is COCCN1CCN(C(=O)c2nccnc2Sc2ccccc2)CC1. The fourth-order valence-electron chi connectivity index (χ4n) is 2.69. The summed E-state index contributed by atoms with van der Waals surface area (Å²) < 4.78 is 5.12. The van der Waals surface area contributed by atoms with Gasteiger partial charge in [0.25, 0.3) is 5.91 Å². The second-order valence-electron chi connectivity index (χ2n) is 5.75. The van der Waals surface area contributed by atoms with E-state index in [9.17, 15) is 4.79 Å². The first-order valence-electron chi connectivity index (χ1n) is 8.32. The van der Waals surface area contributed by atoms with E-state index in [1.807, 2.05) is 35.2 Å². The van der Waals surface area contributed by atoms with Crippen LogP contribution in [0.4, 0.5) is 0 Å². The van der Waals surface area contributed by atoms with E-state index >= 15 is 0 Å². The van der Waals surface area contributed by atoms with Gasteiger partial charge in [0, 0.05) is 57.1 Å². The van der Waals surface area contributed by atoms with Gasteiger partial charge in [-0.25, -0.2) is 9.97 Å². The quantitative estimate of drug-likeness (QED) is 0.788. The molecule has 0 spiro atoms. The van der Waals surface area contributed by atoms with Crippen LogP contribution in [-0.4, -0.2) is 72.1 Å². The standard InChI is InChI=1S/C18H22N4O2S/c1-24-14-13-21-9-11-22(12-10-21)18(23)16-17(20-8-7-19-16)25-15-5-3-2-4-6-15/h2-8H,9-14H2,1H3. The maximum atomic E-state index is 12.9. The minimum absolute atomic E-state index is 0.0436. The molecule has 1 aromatic carbocycles. The lowest BCUT2D eigenvalue weighted by Crippen LogP contribution is -2.49. The van der Waals surface area contributed by atoms with Crippen LogP contribution in [0.2, 0.25) is 0 Å². The first-order valence-corrected chi connectivity index (χ1v) is 9.14. The van der Waals surface area contributed by atoms with Gasteiger partial charge in [0.15, 0.2) is 5.69 Å². The second kappa shape index (κ2) is 8.94. The molecule has 1 amide bonds. The van der Waals surface area contributed by atoms with Crippen LogP contribution in [-0.2, 0) is 4.74 Å². The molecular weight excluding hydrogens is 336 g/mol. The monoisotopic (exact) mass is 358 g/mol. The Bertz CT molecular complexity index is 690. The smallest absolute Gasteiger partial charge is 0.275 e. The number of rotatable bonds is 6. The number of hydrogen-bond acceptors (Lipinski definition) is 6. The maximum Gasteiger partial charge on any atom is 0.275 e. The van der Waals surface area contributed by atoms with Crippen LogP contribution in [0.15, 0.2) is 52.6 Å². The van der Waals surface area contributed by atoms with Gasteiger partial charge in [-0.1, -0.05) is 30.0 Å². The Morgan fingerprint density at radius 3 is 2.56 bits per heavy atom. The van der Waals surface area contributed by atoms with Gasteiger partial charge in [-0.05, 0) is 12.1 Å². The average molecular weight is 358 g/mol. The molecule has 1 aromatic heterocycles. The molecule has 0 N–H and O–H groups in total. The molecule has 0 aliphatic carbocycles. The van der Waals surface area contributed by atoms with Gasteiger partial charge >= 0.3 is 0 Å². The van der Waals surface area contributed by atoms with Gasteiger partial charge in [-0.2, -0.15) is 0 Å². The number of methoxy groups -OCH3 is 1. The van der Waals surface area contributed by atoms with Crippen molar-refractivity contribution in [1.82, 2.24) is 19.8 Å². The van der Waals surface area contributed by atoms with Gasteiger partial charge < -0.3 is 9.64 Å². The summed E-state index contributed by atoms with van der Waals surface area (Å²) in [5, 5.41) is 0.653. The fourth-order valence-corrected chi connectivity index (χ4v) is 3.56. The molecule has 0 unspecified atom stereocenters. The number of ether oxygens (including phenoxy) is 1. The third-order valence-electron chi connectivity index (χ3n) is 4.10. The van der Waals surface area contributed by atoms with Gasteiger partial charge in [0.05, 0.1) is 6.61 Å². The molecule has 0 saturated carbocycles. The van der Waals surface area contributed by atoms with Gasteiger partial charge in [0.1, 0.15) is 5.03 Å². The van der Waals surface area contributed by atoms with Crippen LogP contribution in [0.3, 0.4) is 0 Å². The summed E-state index contributed by atoms with van der Waals surface area (Å²) in [5.74, 6) is -0.0436. The van der Waals surface area contributed by atoms with E-state index in [-0.39, 0.29) is 5.91 Å². The Morgan fingerprint density at radius 1 is 1.12 bits per heavy atom. The van der Waals surface area contributed by atoms with Crippen LogP contribution in [0.1, 0.15) is 10.5 Å². The molecule has 3 rings (SSSR count). The molecule has 7 heteroatoms. The molecule has 1 saturated heterocycles. The lowest BCUT2D eigenvalue weighted by Gasteiger charge is -2.34. The van der Waals surface area contributed by atoms with E-state index in [4.69, 9.17) is 4.74 Å². The molecule has 2 heterocycles. The normalized spacial score (nSPS) is 15.3. The van der Waals surface area contributed by atoms with Gasteiger partial charge in [-0.3, -0.25) is 9.69 Å². The Kier molecular flexibility index (Phi) is 6.38. The van der Waals surface area contributed by atoms with Crippen molar-refractivity contribution >= 4 is 17.7 Å². The molecule has 1 fully saturated rings. The average Bonchev–Trinajstić information content (AvgIpc) is 2.67. The third-order valence-corrected chi connectivity index (χ3v) is 5.10. The number of amides is 1. The number of carbonyl (C=O) groups excluding carboxylic acids is 1. The van der Waals surface area contributed by atoms with Crippen LogP contribution < -0.4 is 0 Å². The topological polar surface area (TPSA) is 58.6 Å². The molecule has 2 aromatic rings. The molecule has 1 aliphatic rings. The van der Waals surface area contributed by atoms with E-state index in [1.54, 1.807) is 19.5 Å². The third kappa shape index (κ3) is 4.78. The van der Waals surface area contributed by atoms with Crippen LogP contribution in [0.5, 0.6) is 0 Å². The number of piperazine rings is 1. The van der Waals surface area contributed by atoms with Crippen molar-refractivity contribution in [3.8, 4) is 0 Å². The van der Waals surface area contributed by atoms with Crippen molar-refractivity contribution in [3.05, 3.63) is 48.4 Å². The Labute approximate surface area is 152 Å². The van der Waals surface area contributed by atoms with Gasteiger partial charge in [-0.15, -0.1) is 0 Å². The second-order valence-corrected chi connectivity index (χ2v) is 6.81. The number of carbonyl (C=O) groups is 1. The predicted octanol–water partition coefficient (Wildman–Crippen LogP) is 2.03. The Hall–Kier alpha value is -1.96. The number of hydrogen-bond donors (Lipinski definition) is 0. The highest BCUT2D eigenvalue weighted by atomic mass is 32.2. The highest BCUT2D eigenvalue weighted by molar-refractivity contribution is 7.99. The maximum absolute atomic E-state index is 12.9. The molecule has 25 heavy (non-hydrogen) atoms. The molecule has 6 nitrogen and oxygen atoms in total. The number of aromatic nitrogens is 2. The highest BCUT2D eigenvalue weighted by Gasteiger charge is 2.25. The van der Waals surface area contributed by atoms with Crippen molar-refractivity contribution < 1.29 is 9.53 Å². The first-order chi connectivity index (χ1) is 12.3. The van der Waals surface area contributed by atoms with Crippen LogP contribution >= 0.6 is 11.8 Å². The van der Waals surface area contributed by atoms with Crippen molar-refractivity contribution in [2.75, 3.05) is 46.4 Å². The van der Waals surface area contributed by atoms with Crippen molar-refractivity contribution in [2.24, 2.45) is 0 Å². The van der Waals surface area contributed by atoms with E-state index in [1.165, 1.54) is 11.8 Å². The zero-order valence-electron chi connectivity index (χ0n) is 14.3. The lowest BCUT2D eigenvalue weighted by atomic mass is 10.3. The summed E-state index contributed by atoms with van der Waals surface area (Å²) in [4.78, 5) is 26.8. The van der Waals surface area contributed by atoms with Crippen LogP contribution in [0, 0.1) is 0 Å². The van der Waals surface area contributed by atoms with Crippen molar-refractivity contribution in [3.63, 3.8) is 0 Å². The van der Waals surface area contributed by atoms with E-state index < -0.39 is 0 Å². The van der Waals surface area contributed by atoms with Gasteiger partial charge in [0.2, 0.25) is 0 Å². The summed E-state index contributed by atoms with van der Waals surface area (Å²) in [6.45, 7) is 4.74. The van der Waals surface area contributed by atoms with Crippen molar-refractivity contribution in [1.29, 1.82) is 0 Å². The van der Waals surface area contributed by atoms with Crippen LogP contribution in [0.25, 0.3) is 0 Å². The molecule has 1 aliphatic heterocycles. The molecular formula is C18H22N4O2S. The molecule has 0 radical (unpaired) electrons. The predicted molar refractivity (Wildman–Crippen MR) is 96.8 cm³/mol. The summed E-state index contributed by atoms with van der Waals surface area (Å²) in [5.41, 5.74) is 0.432. The molecule has 0 atom stereocenters. The first kappa shape index (κ1) is 17.8. The zero-order chi connectivity index (χ0) is 17.5. The lowest BCUT2D eigenvalue weighted by molar-refractivity contribution is 0.0584. The Balaban J connectivity index is 1.67. The number of nitrogens with zero attached hydrogens (tertiary/aromatic N) is 4. The largest absolute Gasteiger partial charge is 0.383 e. The highest BCUT2D eigenvalue weighted by Crippen LogP contribution is 2.28. The Morgan fingerprint density at radius 2 is 1.84 bits per heavy atom. The molecule has 0 bridgehead atoms. The zero-order valence-corrected chi connectivity index (χ0v) is 15.1. The minimum Gasteiger partial charge on any atom is -0.383 e. The fraction of sp³-hybridized carbons (Fsp3) is 0.389.